The zero-order valence-electron chi connectivity index (χ0n) is 11.5. The van der Waals surface area contributed by atoms with Gasteiger partial charge in [-0.1, -0.05) is 0 Å². The highest BCUT2D eigenvalue weighted by Gasteiger charge is 2.43. The van der Waals surface area contributed by atoms with E-state index in [0.29, 0.717) is 11.3 Å². The predicted octanol–water partition coefficient (Wildman–Crippen LogP) is 2.39. The lowest BCUT2D eigenvalue weighted by Crippen LogP contribution is -2.43. The van der Waals surface area contributed by atoms with Gasteiger partial charge in [0.15, 0.2) is 0 Å². The summed E-state index contributed by atoms with van der Waals surface area (Å²) in [6, 6.07) is 5.27. The Bertz CT molecular complexity index is 514. The fraction of sp³-hybridized carbons (Fsp3) is 0.714. The molecule has 4 nitrogen and oxygen atoms in total. The van der Waals surface area contributed by atoms with E-state index in [2.05, 4.69) is 22.6 Å². The van der Waals surface area contributed by atoms with Gasteiger partial charge in [0.25, 0.3) is 0 Å². The fourth-order valence-corrected chi connectivity index (χ4v) is 4.23. The molecule has 2 fully saturated rings. The third-order valence-corrected chi connectivity index (χ3v) is 5.35. The van der Waals surface area contributed by atoms with Gasteiger partial charge in [0.2, 0.25) is 0 Å². The normalized spacial score (nSPS) is 30.5. The van der Waals surface area contributed by atoms with Crippen LogP contribution in [-0.2, 0) is 7.05 Å². The van der Waals surface area contributed by atoms with Crippen LogP contribution >= 0.6 is 11.8 Å². The molecule has 2 saturated carbocycles. The highest BCUT2D eigenvalue weighted by Crippen LogP contribution is 2.41. The fourth-order valence-electron chi connectivity index (χ4n) is 2.85. The molecule has 2 unspecified atom stereocenters. The van der Waals surface area contributed by atoms with Crippen molar-refractivity contribution in [3.05, 3.63) is 11.8 Å². The van der Waals surface area contributed by atoms with E-state index in [9.17, 15) is 5.26 Å². The molecule has 0 aromatic carbocycles. The zero-order chi connectivity index (χ0) is 13.5. The van der Waals surface area contributed by atoms with E-state index in [1.54, 1.807) is 0 Å². The first-order valence-corrected chi connectivity index (χ1v) is 7.84. The van der Waals surface area contributed by atoms with E-state index in [0.717, 1.165) is 25.0 Å². The number of hydrogen-bond donors (Lipinski definition) is 1. The summed E-state index contributed by atoms with van der Waals surface area (Å²) in [6.45, 7) is 2.02. The summed E-state index contributed by atoms with van der Waals surface area (Å²) in [5, 5.41) is 19.2. The van der Waals surface area contributed by atoms with Gasteiger partial charge in [0.05, 0.1) is 16.8 Å². The number of aromatic nitrogens is 2. The molecule has 3 rings (SSSR count). The molecule has 2 aliphatic carbocycles. The van der Waals surface area contributed by atoms with Crippen LogP contribution in [0, 0.1) is 18.3 Å². The molecule has 1 N–H and O–H groups in total. The lowest BCUT2D eigenvalue weighted by molar-refractivity contribution is 0.420. The molecule has 2 aliphatic rings. The summed E-state index contributed by atoms with van der Waals surface area (Å²) in [6.07, 6.45) is 5.52. The molecular weight excluding hydrogens is 256 g/mol. The van der Waals surface area contributed by atoms with Crippen molar-refractivity contribution in [3.63, 3.8) is 0 Å². The molecule has 0 bridgehead atoms. The molecule has 0 radical (unpaired) electrons. The quantitative estimate of drug-likeness (QED) is 0.917. The van der Waals surface area contributed by atoms with Gasteiger partial charge in [-0.3, -0.25) is 10.00 Å². The molecular formula is C14H20N4S. The van der Waals surface area contributed by atoms with Crippen molar-refractivity contribution < 1.29 is 0 Å². The van der Waals surface area contributed by atoms with E-state index >= 15 is 0 Å². The summed E-state index contributed by atoms with van der Waals surface area (Å²) >= 11 is 1.87. The monoisotopic (exact) mass is 276 g/mol. The van der Waals surface area contributed by atoms with Gasteiger partial charge in [-0.25, -0.2) is 0 Å². The van der Waals surface area contributed by atoms with Crippen molar-refractivity contribution in [1.29, 1.82) is 5.26 Å². The lowest BCUT2D eigenvalue weighted by Gasteiger charge is -2.22. The minimum Gasteiger partial charge on any atom is -0.297 e. The van der Waals surface area contributed by atoms with Crippen LogP contribution in [0.1, 0.15) is 37.8 Å². The van der Waals surface area contributed by atoms with E-state index in [-0.39, 0.29) is 5.54 Å². The maximum Gasteiger partial charge on any atom is 0.108 e. The number of nitrogens with zero attached hydrogens (tertiary/aromatic N) is 3. The van der Waals surface area contributed by atoms with Crippen molar-refractivity contribution in [3.8, 4) is 6.07 Å². The maximum absolute atomic E-state index is 9.50. The largest absolute Gasteiger partial charge is 0.297 e. The van der Waals surface area contributed by atoms with E-state index in [4.69, 9.17) is 0 Å². The second-order valence-electron chi connectivity index (χ2n) is 5.84. The van der Waals surface area contributed by atoms with Gasteiger partial charge >= 0.3 is 0 Å². The molecule has 0 aliphatic heterocycles. The van der Waals surface area contributed by atoms with Gasteiger partial charge in [-0.05, 0) is 45.1 Å². The standard InChI is InChI=1S/C14H20N4S/c1-10-7-13(18(2)17-10)19-12-5-6-14(8-12,9-15)16-11-3-4-11/h7,11-12,16H,3-6,8H2,1-2H3. The Morgan fingerprint density at radius 1 is 1.53 bits per heavy atom. The van der Waals surface area contributed by atoms with Gasteiger partial charge < -0.3 is 0 Å². The number of nitrogens with one attached hydrogen (secondary N) is 1. The summed E-state index contributed by atoms with van der Waals surface area (Å²) in [7, 11) is 1.99. The Morgan fingerprint density at radius 3 is 2.89 bits per heavy atom. The van der Waals surface area contributed by atoms with Crippen LogP contribution in [0.3, 0.4) is 0 Å². The number of thioether (sulfide) groups is 1. The Hall–Kier alpha value is -0.990. The summed E-state index contributed by atoms with van der Waals surface area (Å²) < 4.78 is 1.95. The first-order chi connectivity index (χ1) is 9.10. The Balaban J connectivity index is 1.65. The molecule has 1 aromatic heterocycles. The summed E-state index contributed by atoms with van der Waals surface area (Å²) in [4.78, 5) is 0. The Kier molecular flexibility index (Phi) is 3.32. The van der Waals surface area contributed by atoms with Gasteiger partial charge in [-0.2, -0.15) is 10.4 Å². The van der Waals surface area contributed by atoms with Crippen LogP contribution in [0.4, 0.5) is 0 Å². The number of hydrogen-bond acceptors (Lipinski definition) is 4. The number of aryl methyl sites for hydroxylation is 2. The van der Waals surface area contributed by atoms with E-state index in [1.807, 2.05) is 30.4 Å². The molecule has 2 atom stereocenters. The minimum absolute atomic E-state index is 0.271. The van der Waals surface area contributed by atoms with Crippen molar-refractivity contribution in [2.45, 2.75) is 60.9 Å². The van der Waals surface area contributed by atoms with Crippen LogP contribution in [0.5, 0.6) is 0 Å². The molecule has 19 heavy (non-hydrogen) atoms. The molecule has 1 aromatic rings. The predicted molar refractivity (Wildman–Crippen MR) is 75.9 cm³/mol. The van der Waals surface area contributed by atoms with Crippen LogP contribution in [0.15, 0.2) is 11.1 Å². The first-order valence-electron chi connectivity index (χ1n) is 6.96. The van der Waals surface area contributed by atoms with Crippen LogP contribution < -0.4 is 5.32 Å². The summed E-state index contributed by atoms with van der Waals surface area (Å²) in [5.74, 6) is 0. The molecule has 5 heteroatoms. The molecule has 1 heterocycles. The number of rotatable bonds is 4. The van der Waals surface area contributed by atoms with E-state index in [1.165, 1.54) is 17.9 Å². The highest BCUT2D eigenvalue weighted by atomic mass is 32.2. The second kappa shape index (κ2) is 4.84. The van der Waals surface area contributed by atoms with Gasteiger partial charge in [-0.15, -0.1) is 11.8 Å². The third-order valence-electron chi connectivity index (χ3n) is 3.99. The average Bonchev–Trinajstić information content (AvgIpc) is 3.00. The van der Waals surface area contributed by atoms with Crippen molar-refractivity contribution in [2.75, 3.05) is 0 Å². The molecule has 0 saturated heterocycles. The van der Waals surface area contributed by atoms with Gasteiger partial charge in [0.1, 0.15) is 5.54 Å². The van der Waals surface area contributed by atoms with Gasteiger partial charge in [0, 0.05) is 18.3 Å². The topological polar surface area (TPSA) is 53.6 Å². The minimum atomic E-state index is -0.271. The van der Waals surface area contributed by atoms with Crippen molar-refractivity contribution in [2.24, 2.45) is 7.05 Å². The molecule has 0 amide bonds. The third kappa shape index (κ3) is 2.80. The highest BCUT2D eigenvalue weighted by molar-refractivity contribution is 7.99. The summed E-state index contributed by atoms with van der Waals surface area (Å²) in [5.41, 5.74) is 0.789. The zero-order valence-corrected chi connectivity index (χ0v) is 12.3. The average molecular weight is 276 g/mol. The second-order valence-corrected chi connectivity index (χ2v) is 7.16. The number of nitriles is 1. The first kappa shape index (κ1) is 13.0. The Morgan fingerprint density at radius 2 is 2.32 bits per heavy atom. The van der Waals surface area contributed by atoms with Crippen molar-refractivity contribution in [1.82, 2.24) is 15.1 Å². The van der Waals surface area contributed by atoms with Crippen molar-refractivity contribution >= 4 is 11.8 Å². The molecule has 0 spiro atoms. The van der Waals surface area contributed by atoms with Crippen LogP contribution in [0.25, 0.3) is 0 Å². The maximum atomic E-state index is 9.50. The Labute approximate surface area is 118 Å². The van der Waals surface area contributed by atoms with Crippen LogP contribution in [-0.4, -0.2) is 26.6 Å². The van der Waals surface area contributed by atoms with Crippen LogP contribution in [0.2, 0.25) is 0 Å². The molecule has 102 valence electrons. The SMILES string of the molecule is Cc1cc(SC2CCC(C#N)(NC3CC3)C2)n(C)n1. The lowest BCUT2D eigenvalue weighted by atomic mass is 10.00. The van der Waals surface area contributed by atoms with E-state index < -0.39 is 0 Å². The smallest absolute Gasteiger partial charge is 0.108 e.